The van der Waals surface area contributed by atoms with E-state index in [0.717, 1.165) is 0 Å². The minimum atomic E-state index is -2.27. The van der Waals surface area contributed by atoms with E-state index in [1.54, 1.807) is 83.1 Å². The topological polar surface area (TPSA) is 215 Å². The number of ketones is 2. The van der Waals surface area contributed by atoms with Gasteiger partial charge in [0.2, 0.25) is 0 Å². The maximum atomic E-state index is 15.0. The lowest BCUT2D eigenvalue weighted by Crippen LogP contribution is -2.78. The largest absolute Gasteiger partial charge is 0.456 e. The van der Waals surface area contributed by atoms with Crippen molar-refractivity contribution in [3.8, 4) is 0 Å². The second kappa shape index (κ2) is 15.3. The second-order valence-electron chi connectivity index (χ2n) is 18.1. The van der Waals surface area contributed by atoms with Crippen molar-refractivity contribution in [1.82, 2.24) is 5.32 Å². The molecule has 0 aromatic heterocycles. The Kier molecular flexibility index (Phi) is 11.4. The number of carbonyl (C=O) groups is 5. The van der Waals surface area contributed by atoms with Gasteiger partial charge in [-0.25, -0.2) is 14.4 Å². The SMILES string of the molecule is CC(=O)C[C@@]12CO[C@@H]1C[C@H](O)[C@@]1(C)C(=O)[C@H](O)C3=C(C)[C@@H](OC(=O)[C@H](O)[C@@H](NC(=O)OC(C)(C)C)c4ccccc4)C[C@@](O)([C@@H](OC(=O)c4ccccc4)[C@H]21)C3(C)C. The number of esters is 2. The van der Waals surface area contributed by atoms with Crippen molar-refractivity contribution >= 4 is 29.6 Å². The summed E-state index contributed by atoms with van der Waals surface area (Å²) in [5, 5.41) is 51.7. The molecule has 14 heteroatoms. The molecule has 1 heterocycles. The van der Waals surface area contributed by atoms with E-state index in [0.29, 0.717) is 5.56 Å². The van der Waals surface area contributed by atoms with Crippen LogP contribution >= 0.6 is 0 Å². The van der Waals surface area contributed by atoms with E-state index in [1.807, 2.05) is 0 Å². The van der Waals surface area contributed by atoms with Crippen molar-refractivity contribution in [3.05, 3.63) is 82.9 Å². The molecule has 1 aliphatic heterocycles. The van der Waals surface area contributed by atoms with Crippen LogP contribution in [0.3, 0.4) is 0 Å². The van der Waals surface area contributed by atoms with Gasteiger partial charge in [0.05, 0.1) is 35.8 Å². The van der Waals surface area contributed by atoms with Gasteiger partial charge in [0.25, 0.3) is 0 Å². The van der Waals surface area contributed by atoms with Crippen molar-refractivity contribution in [1.29, 1.82) is 0 Å². The van der Waals surface area contributed by atoms with Crippen molar-refractivity contribution < 1.29 is 63.3 Å². The van der Waals surface area contributed by atoms with Crippen LogP contribution in [-0.2, 0) is 33.3 Å². The Morgan fingerprint density at radius 1 is 0.966 bits per heavy atom. The fourth-order valence-corrected chi connectivity index (χ4v) is 10.1. The van der Waals surface area contributed by atoms with Crippen LogP contribution in [0.5, 0.6) is 0 Å². The standard InChI is InChI=1S/C44H55NO13/c1-23(46)20-43-22-55-29(43)19-28(47)42(8)34(43)36(57-37(51)26-17-13-10-14-18-26)44(54)21-27(24(2)30(41(44,6)7)32(48)35(42)50)56-38(52)33(49)31(25-15-11-9-12-16-25)45-39(53)58-40(3,4)5/h9-18,27-29,31-34,36,47-49,54H,19-22H2,1-8H3,(H,45,53)/t27-,28-,29+,31-,32+,33+,34-,36-,42+,43+,44+/m0/s1. The molecule has 14 nitrogen and oxygen atoms in total. The van der Waals surface area contributed by atoms with Crippen molar-refractivity contribution in [2.75, 3.05) is 6.61 Å². The average molecular weight is 806 g/mol. The van der Waals surface area contributed by atoms with E-state index < -0.39 is 106 Å². The number of nitrogens with one attached hydrogen (secondary N) is 1. The van der Waals surface area contributed by atoms with E-state index in [1.165, 1.54) is 32.9 Å². The Labute approximate surface area is 337 Å². The summed E-state index contributed by atoms with van der Waals surface area (Å²) in [4.78, 5) is 69.3. The third-order valence-corrected chi connectivity index (χ3v) is 13.0. The van der Waals surface area contributed by atoms with E-state index >= 15 is 4.79 Å². The molecule has 2 aromatic carbocycles. The molecule has 0 radical (unpaired) electrons. The molecule has 3 aliphatic carbocycles. The highest BCUT2D eigenvalue weighted by Crippen LogP contribution is 2.66. The predicted octanol–water partition coefficient (Wildman–Crippen LogP) is 3.92. The van der Waals surface area contributed by atoms with Gasteiger partial charge in [-0.1, -0.05) is 62.4 Å². The zero-order valence-corrected chi connectivity index (χ0v) is 34.2. The number of Topliss-reactive ketones (excluding diaryl/α,β-unsaturated/α-hetero) is 2. The summed E-state index contributed by atoms with van der Waals surface area (Å²) in [5.74, 6) is -4.48. The average Bonchev–Trinajstić information content (AvgIpc) is 3.14. The predicted molar refractivity (Wildman–Crippen MR) is 207 cm³/mol. The first-order chi connectivity index (χ1) is 27.0. The summed E-state index contributed by atoms with van der Waals surface area (Å²) >= 11 is 0. The molecule has 2 aromatic rings. The Morgan fingerprint density at radius 3 is 2.12 bits per heavy atom. The van der Waals surface area contributed by atoms with Crippen molar-refractivity contribution in [2.45, 2.75) is 129 Å². The molecule has 11 atom stereocenters. The van der Waals surface area contributed by atoms with Gasteiger partial charge >= 0.3 is 18.0 Å². The number of aliphatic hydroxyl groups excluding tert-OH is 3. The molecule has 1 saturated heterocycles. The molecule has 2 saturated carbocycles. The highest BCUT2D eigenvalue weighted by atomic mass is 16.6. The molecule has 5 N–H and O–H groups in total. The number of amides is 1. The summed E-state index contributed by atoms with van der Waals surface area (Å²) < 4.78 is 23.8. The fourth-order valence-electron chi connectivity index (χ4n) is 10.1. The number of hydrogen-bond acceptors (Lipinski definition) is 13. The number of benzene rings is 2. The first-order valence-corrected chi connectivity index (χ1v) is 19.6. The molecule has 0 unspecified atom stereocenters. The van der Waals surface area contributed by atoms with Crippen LogP contribution in [0.15, 0.2) is 71.8 Å². The molecule has 0 spiro atoms. The molecule has 58 heavy (non-hydrogen) atoms. The van der Waals surface area contributed by atoms with E-state index in [-0.39, 0.29) is 41.9 Å². The lowest BCUT2D eigenvalue weighted by atomic mass is 9.41. The first kappa shape index (κ1) is 43.1. The molecule has 4 aliphatic rings. The van der Waals surface area contributed by atoms with Crippen LogP contribution in [-0.4, -0.2) is 104 Å². The number of alkyl carbamates (subject to hydrolysis) is 1. The van der Waals surface area contributed by atoms with Crippen LogP contribution in [0.4, 0.5) is 4.79 Å². The second-order valence-corrected chi connectivity index (χ2v) is 18.1. The van der Waals surface area contributed by atoms with E-state index in [4.69, 9.17) is 18.9 Å². The summed E-state index contributed by atoms with van der Waals surface area (Å²) in [6.45, 7) is 12.4. The Bertz CT molecular complexity index is 1970. The highest BCUT2D eigenvalue weighted by Gasteiger charge is 2.76. The van der Waals surface area contributed by atoms with Crippen molar-refractivity contribution in [3.63, 3.8) is 0 Å². The zero-order chi connectivity index (χ0) is 42.7. The molecule has 1 amide bonds. The molecular formula is C44H55NO13. The number of hydrogen-bond donors (Lipinski definition) is 5. The molecule has 2 bridgehead atoms. The van der Waals surface area contributed by atoms with Gasteiger partial charge in [-0.15, -0.1) is 0 Å². The minimum Gasteiger partial charge on any atom is -0.456 e. The quantitative estimate of drug-likeness (QED) is 0.138. The summed E-state index contributed by atoms with van der Waals surface area (Å²) in [6, 6.07) is 14.8. The summed E-state index contributed by atoms with van der Waals surface area (Å²) in [6.07, 6.45) is -10.9. The number of carbonyl (C=O) groups excluding carboxylic acids is 5. The third-order valence-electron chi connectivity index (χ3n) is 13.0. The highest BCUT2D eigenvalue weighted by molar-refractivity contribution is 5.94. The van der Waals surface area contributed by atoms with Gasteiger partial charge in [-0.2, -0.15) is 0 Å². The van der Waals surface area contributed by atoms with Gasteiger partial charge in [0, 0.05) is 36.0 Å². The molecular weight excluding hydrogens is 750 g/mol. The maximum Gasteiger partial charge on any atom is 0.408 e. The van der Waals surface area contributed by atoms with Crippen LogP contribution < -0.4 is 5.32 Å². The third kappa shape index (κ3) is 7.16. The lowest BCUT2D eigenvalue weighted by Gasteiger charge is -2.68. The Morgan fingerprint density at radius 2 is 1.57 bits per heavy atom. The van der Waals surface area contributed by atoms with Crippen molar-refractivity contribution in [2.24, 2.45) is 22.2 Å². The monoisotopic (exact) mass is 805 g/mol. The number of fused-ring (bicyclic) bond motifs is 5. The minimum absolute atomic E-state index is 0.0229. The number of rotatable bonds is 9. The Balaban J connectivity index is 1.49. The number of ether oxygens (including phenoxy) is 4. The molecule has 3 fully saturated rings. The normalized spacial score (nSPS) is 33.8. The van der Waals surface area contributed by atoms with Gasteiger partial charge in [-0.05, 0) is 70.4 Å². The van der Waals surface area contributed by atoms with E-state index in [2.05, 4.69) is 5.32 Å². The van der Waals surface area contributed by atoms with Crippen LogP contribution in [0.1, 0.15) is 96.6 Å². The van der Waals surface area contributed by atoms with Gasteiger partial charge in [0.1, 0.15) is 35.3 Å². The Hall–Kier alpha value is -4.47. The summed E-state index contributed by atoms with van der Waals surface area (Å²) in [5.41, 5.74) is -7.24. The van der Waals surface area contributed by atoms with Gasteiger partial charge < -0.3 is 49.5 Å². The maximum absolute atomic E-state index is 15.0. The van der Waals surface area contributed by atoms with E-state index in [9.17, 15) is 39.6 Å². The molecule has 6 rings (SSSR count). The molecule has 314 valence electrons. The first-order valence-electron chi connectivity index (χ1n) is 19.6. The summed E-state index contributed by atoms with van der Waals surface area (Å²) in [7, 11) is 0. The fraction of sp³-hybridized carbons (Fsp3) is 0.568. The number of aliphatic hydroxyl groups is 4. The zero-order valence-electron chi connectivity index (χ0n) is 34.2. The smallest absolute Gasteiger partial charge is 0.408 e. The van der Waals surface area contributed by atoms with Gasteiger partial charge in [-0.3, -0.25) is 4.79 Å². The van der Waals surface area contributed by atoms with Crippen LogP contribution in [0.25, 0.3) is 0 Å². The van der Waals surface area contributed by atoms with Gasteiger partial charge in [0.15, 0.2) is 11.9 Å². The lowest BCUT2D eigenvalue weighted by molar-refractivity contribution is -0.319. The van der Waals surface area contributed by atoms with Crippen LogP contribution in [0, 0.1) is 22.2 Å². The van der Waals surface area contributed by atoms with Crippen LogP contribution in [0.2, 0.25) is 0 Å².